The van der Waals surface area contributed by atoms with E-state index in [1.54, 1.807) is 24.3 Å². The highest BCUT2D eigenvalue weighted by Gasteiger charge is 2.16. The van der Waals surface area contributed by atoms with Gasteiger partial charge in [0.1, 0.15) is 11.8 Å². The van der Waals surface area contributed by atoms with Gasteiger partial charge in [-0.15, -0.1) is 6.58 Å². The minimum absolute atomic E-state index is 0.133. The van der Waals surface area contributed by atoms with Crippen LogP contribution in [-0.4, -0.2) is 9.91 Å². The van der Waals surface area contributed by atoms with Gasteiger partial charge in [-0.2, -0.15) is 10.2 Å². The quantitative estimate of drug-likeness (QED) is 0.476. The Hall–Kier alpha value is -3.20. The summed E-state index contributed by atoms with van der Waals surface area (Å²) in [6.07, 6.45) is 2.36. The predicted molar refractivity (Wildman–Crippen MR) is 76.0 cm³/mol. The number of rotatable bonds is 5. The minimum atomic E-state index is -0.652. The minimum Gasteiger partial charge on any atom is -0.439 e. The fraction of sp³-hybridized carbons (Fsp3) is 0.0667. The van der Waals surface area contributed by atoms with Crippen molar-refractivity contribution in [1.29, 1.82) is 5.26 Å². The molecule has 0 N–H and O–H groups in total. The van der Waals surface area contributed by atoms with E-state index < -0.39 is 4.92 Å². The van der Waals surface area contributed by atoms with E-state index in [0.717, 1.165) is 5.56 Å². The van der Waals surface area contributed by atoms with Crippen LogP contribution in [-0.2, 0) is 6.42 Å². The van der Waals surface area contributed by atoms with Gasteiger partial charge >= 0.3 is 5.69 Å². The summed E-state index contributed by atoms with van der Waals surface area (Å²) in [5, 5.41) is 19.7. The zero-order valence-electron chi connectivity index (χ0n) is 11.0. The lowest BCUT2D eigenvalue weighted by atomic mass is 10.1. The SMILES string of the molecule is C=CCc1ccccc1Oc1ccc([N+](=O)[O-])c(C#N)n1. The third kappa shape index (κ3) is 3.22. The molecule has 6 heteroatoms. The molecule has 0 unspecified atom stereocenters. The number of hydrogen-bond donors (Lipinski definition) is 0. The number of allylic oxidation sites excluding steroid dienone is 1. The number of hydrogen-bond acceptors (Lipinski definition) is 5. The van der Waals surface area contributed by atoms with E-state index >= 15 is 0 Å². The van der Waals surface area contributed by atoms with Crippen LogP contribution in [0.2, 0.25) is 0 Å². The topological polar surface area (TPSA) is 89.0 Å². The first-order valence-electron chi connectivity index (χ1n) is 6.08. The van der Waals surface area contributed by atoms with Crippen molar-refractivity contribution in [2.75, 3.05) is 0 Å². The second kappa shape index (κ2) is 6.30. The normalized spacial score (nSPS) is 9.67. The lowest BCUT2D eigenvalue weighted by Crippen LogP contribution is -1.98. The number of aromatic nitrogens is 1. The zero-order valence-corrected chi connectivity index (χ0v) is 11.0. The van der Waals surface area contributed by atoms with Gasteiger partial charge < -0.3 is 4.74 Å². The molecule has 0 spiro atoms. The molecule has 0 aliphatic carbocycles. The summed E-state index contributed by atoms with van der Waals surface area (Å²) in [6.45, 7) is 3.67. The molecule has 0 saturated carbocycles. The van der Waals surface area contributed by atoms with E-state index in [1.165, 1.54) is 12.1 Å². The maximum atomic E-state index is 10.8. The van der Waals surface area contributed by atoms with Crippen molar-refractivity contribution in [3.8, 4) is 17.7 Å². The first kappa shape index (κ1) is 14.2. The van der Waals surface area contributed by atoms with Crippen LogP contribution in [0.4, 0.5) is 5.69 Å². The Morgan fingerprint density at radius 1 is 1.38 bits per heavy atom. The summed E-state index contributed by atoms with van der Waals surface area (Å²) in [6, 6.07) is 11.6. The molecule has 0 atom stereocenters. The van der Waals surface area contributed by atoms with Crippen molar-refractivity contribution in [2.45, 2.75) is 6.42 Å². The Kier molecular flexibility index (Phi) is 4.26. The number of ether oxygens (including phenoxy) is 1. The van der Waals surface area contributed by atoms with Gasteiger partial charge in [-0.05, 0) is 18.1 Å². The summed E-state index contributed by atoms with van der Waals surface area (Å²) in [4.78, 5) is 14.0. The molecule has 104 valence electrons. The Bertz CT molecular complexity index is 735. The number of nitrogens with zero attached hydrogens (tertiary/aromatic N) is 3. The van der Waals surface area contributed by atoms with Gasteiger partial charge in [0.05, 0.1) is 4.92 Å². The average Bonchev–Trinajstić information content (AvgIpc) is 2.49. The van der Waals surface area contributed by atoms with E-state index in [2.05, 4.69) is 11.6 Å². The van der Waals surface area contributed by atoms with E-state index in [1.807, 2.05) is 12.1 Å². The monoisotopic (exact) mass is 281 g/mol. The largest absolute Gasteiger partial charge is 0.439 e. The third-order valence-corrected chi connectivity index (χ3v) is 2.70. The maximum absolute atomic E-state index is 10.8. The molecule has 0 fully saturated rings. The van der Waals surface area contributed by atoms with Crippen molar-refractivity contribution in [1.82, 2.24) is 4.98 Å². The number of nitriles is 1. The molecule has 1 aromatic heterocycles. The van der Waals surface area contributed by atoms with Crippen LogP contribution < -0.4 is 4.74 Å². The van der Waals surface area contributed by atoms with E-state index in [4.69, 9.17) is 10.00 Å². The van der Waals surface area contributed by atoms with Gasteiger partial charge in [0, 0.05) is 12.1 Å². The summed E-state index contributed by atoms with van der Waals surface area (Å²) < 4.78 is 5.61. The molecule has 21 heavy (non-hydrogen) atoms. The molecule has 1 aromatic carbocycles. The highest BCUT2D eigenvalue weighted by atomic mass is 16.6. The molecule has 0 amide bonds. The molecule has 0 saturated heterocycles. The van der Waals surface area contributed by atoms with Crippen molar-refractivity contribution in [3.05, 3.63) is 70.4 Å². The van der Waals surface area contributed by atoms with E-state index in [0.29, 0.717) is 12.2 Å². The molecule has 0 bridgehead atoms. The Morgan fingerprint density at radius 2 is 2.14 bits per heavy atom. The Labute approximate surface area is 121 Å². The molecule has 0 aliphatic heterocycles. The molecule has 2 rings (SSSR count). The maximum Gasteiger partial charge on any atom is 0.305 e. The summed E-state index contributed by atoms with van der Waals surface area (Å²) >= 11 is 0. The first-order valence-corrected chi connectivity index (χ1v) is 6.08. The van der Waals surface area contributed by atoms with Crippen molar-refractivity contribution >= 4 is 5.69 Å². The second-order valence-electron chi connectivity index (χ2n) is 4.09. The van der Waals surface area contributed by atoms with Crippen molar-refractivity contribution in [2.24, 2.45) is 0 Å². The second-order valence-corrected chi connectivity index (χ2v) is 4.09. The van der Waals surface area contributed by atoms with E-state index in [9.17, 15) is 10.1 Å². The van der Waals surface area contributed by atoms with Crippen LogP contribution in [0, 0.1) is 21.4 Å². The molecule has 6 nitrogen and oxygen atoms in total. The van der Waals surface area contributed by atoms with Gasteiger partial charge in [-0.1, -0.05) is 24.3 Å². The Morgan fingerprint density at radius 3 is 2.81 bits per heavy atom. The predicted octanol–water partition coefficient (Wildman–Crippen LogP) is 3.38. The van der Waals surface area contributed by atoms with Crippen LogP contribution in [0.3, 0.4) is 0 Å². The van der Waals surface area contributed by atoms with Gasteiger partial charge in [0.15, 0.2) is 0 Å². The lowest BCUT2D eigenvalue weighted by molar-refractivity contribution is -0.385. The van der Waals surface area contributed by atoms with Crippen molar-refractivity contribution in [3.63, 3.8) is 0 Å². The summed E-state index contributed by atoms with van der Waals surface area (Å²) in [5.74, 6) is 0.705. The first-order chi connectivity index (χ1) is 10.2. The number of para-hydroxylation sites is 1. The fourth-order valence-corrected chi connectivity index (χ4v) is 1.76. The highest BCUT2D eigenvalue weighted by molar-refractivity contribution is 5.46. The number of benzene rings is 1. The molecule has 0 radical (unpaired) electrons. The smallest absolute Gasteiger partial charge is 0.305 e. The molecule has 0 aliphatic rings. The van der Waals surface area contributed by atoms with Gasteiger partial charge in [-0.3, -0.25) is 10.1 Å². The standard InChI is InChI=1S/C15H11N3O3/c1-2-5-11-6-3-4-7-14(11)21-15-9-8-13(18(19)20)12(10-16)17-15/h2-4,6-9H,1,5H2. The van der Waals surface area contributed by atoms with Crippen LogP contribution in [0.1, 0.15) is 11.3 Å². The molecule has 1 heterocycles. The third-order valence-electron chi connectivity index (χ3n) is 2.70. The van der Waals surface area contributed by atoms with Crippen LogP contribution in [0.5, 0.6) is 11.6 Å². The Balaban J connectivity index is 2.35. The number of pyridine rings is 1. The molecule has 2 aromatic rings. The fourth-order valence-electron chi connectivity index (χ4n) is 1.76. The lowest BCUT2D eigenvalue weighted by Gasteiger charge is -2.09. The van der Waals surface area contributed by atoms with Gasteiger partial charge in [-0.25, -0.2) is 0 Å². The summed E-state index contributed by atoms with van der Waals surface area (Å²) in [5.41, 5.74) is 0.286. The van der Waals surface area contributed by atoms with Crippen LogP contribution in [0.25, 0.3) is 0 Å². The van der Waals surface area contributed by atoms with Gasteiger partial charge in [0.2, 0.25) is 11.6 Å². The average molecular weight is 281 g/mol. The van der Waals surface area contributed by atoms with E-state index in [-0.39, 0.29) is 17.3 Å². The molecular formula is C15H11N3O3. The zero-order chi connectivity index (χ0) is 15.2. The van der Waals surface area contributed by atoms with Crippen LogP contribution >= 0.6 is 0 Å². The van der Waals surface area contributed by atoms with Crippen LogP contribution in [0.15, 0.2) is 49.1 Å². The summed E-state index contributed by atoms with van der Waals surface area (Å²) in [7, 11) is 0. The van der Waals surface area contributed by atoms with Crippen molar-refractivity contribution < 1.29 is 9.66 Å². The molecular weight excluding hydrogens is 270 g/mol. The number of nitro groups is 1. The van der Waals surface area contributed by atoms with Gasteiger partial charge in [0.25, 0.3) is 0 Å². The highest BCUT2D eigenvalue weighted by Crippen LogP contribution is 2.27.